The number of anilines is 1. The molecule has 4 nitrogen and oxygen atoms in total. The van der Waals surface area contributed by atoms with E-state index >= 15 is 0 Å². The summed E-state index contributed by atoms with van der Waals surface area (Å²) in [6.45, 7) is 8.59. The van der Waals surface area contributed by atoms with Crippen molar-refractivity contribution in [3.05, 3.63) is 113 Å². The largest absolute Gasteiger partial charge is 0.351 e. The molecule has 5 heteroatoms. The minimum atomic E-state index is -0.0690. The molecule has 0 spiro atoms. The van der Waals surface area contributed by atoms with Crippen molar-refractivity contribution in [1.82, 2.24) is 14.9 Å². The van der Waals surface area contributed by atoms with Gasteiger partial charge in [-0.3, -0.25) is 4.98 Å². The molecule has 0 saturated carbocycles. The van der Waals surface area contributed by atoms with Crippen molar-refractivity contribution in [2.45, 2.75) is 39.8 Å². The van der Waals surface area contributed by atoms with Gasteiger partial charge in [0.25, 0.3) is 0 Å². The lowest BCUT2D eigenvalue weighted by Gasteiger charge is -2.29. The van der Waals surface area contributed by atoms with Crippen molar-refractivity contribution in [1.29, 1.82) is 0 Å². The Hall–Kier alpha value is -3.44. The van der Waals surface area contributed by atoms with Gasteiger partial charge in [0.05, 0.1) is 11.7 Å². The summed E-state index contributed by atoms with van der Waals surface area (Å²) in [6, 6.07) is 23.4. The van der Waals surface area contributed by atoms with Crippen molar-refractivity contribution < 1.29 is 0 Å². The number of nitrogens with zero attached hydrogens (tertiary/aromatic N) is 3. The number of aromatic nitrogens is 2. The van der Waals surface area contributed by atoms with Gasteiger partial charge in [-0.2, -0.15) is 0 Å². The maximum Gasteiger partial charge on any atom is 0.174 e. The highest BCUT2D eigenvalue weighted by molar-refractivity contribution is 7.80. The lowest BCUT2D eigenvalue weighted by atomic mass is 10.00. The summed E-state index contributed by atoms with van der Waals surface area (Å²) in [5, 5.41) is 4.29. The van der Waals surface area contributed by atoms with E-state index in [1.54, 1.807) is 0 Å². The van der Waals surface area contributed by atoms with Gasteiger partial charge < -0.3 is 14.8 Å². The topological polar surface area (TPSA) is 33.1 Å². The van der Waals surface area contributed by atoms with Crippen LogP contribution in [0.2, 0.25) is 0 Å². The molecule has 0 bridgehead atoms. The third-order valence-electron chi connectivity index (χ3n) is 6.72. The average molecular weight is 453 g/mol. The summed E-state index contributed by atoms with van der Waals surface area (Å²) in [4.78, 5) is 6.93. The van der Waals surface area contributed by atoms with Crippen LogP contribution in [-0.4, -0.2) is 14.7 Å². The van der Waals surface area contributed by atoms with E-state index < -0.39 is 0 Å². The summed E-state index contributed by atoms with van der Waals surface area (Å²) in [5.41, 5.74) is 9.47. The molecule has 1 saturated heterocycles. The molecular formula is C28H28N4S. The Labute approximate surface area is 200 Å². The van der Waals surface area contributed by atoms with Gasteiger partial charge in [0.1, 0.15) is 6.04 Å². The maximum absolute atomic E-state index is 5.90. The summed E-state index contributed by atoms with van der Waals surface area (Å²) in [7, 11) is 0. The standard InChI is InChI=1S/C28H28N4S/c1-18-10-12-22(16-20(18)3)31-15-7-9-25(31)27-26(24-8-5-6-14-29-24)30-28(33)32(27)23-13-11-19(2)21(4)17-23/h5-17,26-27H,1-4H3,(H,30,33). The van der Waals surface area contributed by atoms with Crippen LogP contribution in [0.25, 0.3) is 5.69 Å². The summed E-state index contributed by atoms with van der Waals surface area (Å²) >= 11 is 5.90. The molecule has 2 aromatic heterocycles. The molecular weight excluding hydrogens is 424 g/mol. The Balaban J connectivity index is 1.68. The van der Waals surface area contributed by atoms with Gasteiger partial charge in [-0.1, -0.05) is 18.2 Å². The first kappa shape index (κ1) is 21.4. The fraction of sp³-hybridized carbons (Fsp3) is 0.214. The van der Waals surface area contributed by atoms with Gasteiger partial charge in [0, 0.05) is 29.5 Å². The van der Waals surface area contributed by atoms with Crippen molar-refractivity contribution in [3.8, 4) is 5.69 Å². The summed E-state index contributed by atoms with van der Waals surface area (Å²) < 4.78 is 2.27. The predicted octanol–water partition coefficient (Wildman–Crippen LogP) is 6.28. The molecule has 1 aliphatic rings. The van der Waals surface area contributed by atoms with E-state index in [9.17, 15) is 0 Å². The zero-order chi connectivity index (χ0) is 23.1. The van der Waals surface area contributed by atoms with Crippen molar-refractivity contribution in [2.24, 2.45) is 0 Å². The molecule has 4 aromatic rings. The van der Waals surface area contributed by atoms with Crippen LogP contribution in [-0.2, 0) is 0 Å². The van der Waals surface area contributed by atoms with Crippen LogP contribution in [0, 0.1) is 27.7 Å². The van der Waals surface area contributed by atoms with Gasteiger partial charge in [-0.25, -0.2) is 0 Å². The van der Waals surface area contributed by atoms with Gasteiger partial charge in [0.2, 0.25) is 0 Å². The van der Waals surface area contributed by atoms with E-state index in [1.165, 1.54) is 27.9 Å². The second-order valence-corrected chi connectivity index (χ2v) is 9.22. The van der Waals surface area contributed by atoms with Gasteiger partial charge >= 0.3 is 0 Å². The van der Waals surface area contributed by atoms with Gasteiger partial charge in [-0.05, 0) is 111 Å². The minimum Gasteiger partial charge on any atom is -0.351 e. The molecule has 1 N–H and O–H groups in total. The maximum atomic E-state index is 5.90. The molecule has 2 aromatic carbocycles. The second-order valence-electron chi connectivity index (χ2n) is 8.84. The van der Waals surface area contributed by atoms with Crippen LogP contribution in [0.4, 0.5) is 5.69 Å². The van der Waals surface area contributed by atoms with Crippen LogP contribution < -0.4 is 10.2 Å². The Bertz CT molecular complexity index is 1320. The number of nitrogens with one attached hydrogen (secondary N) is 1. The quantitative estimate of drug-likeness (QED) is 0.369. The van der Waals surface area contributed by atoms with Crippen LogP contribution >= 0.6 is 12.2 Å². The molecule has 0 radical (unpaired) electrons. The fourth-order valence-corrected chi connectivity index (χ4v) is 4.90. The summed E-state index contributed by atoms with van der Waals surface area (Å²) in [6.07, 6.45) is 3.98. The molecule has 3 heterocycles. The number of rotatable bonds is 4. The van der Waals surface area contributed by atoms with E-state index in [1.807, 2.05) is 18.3 Å². The highest BCUT2D eigenvalue weighted by Gasteiger charge is 2.42. The molecule has 0 amide bonds. The Kier molecular flexibility index (Phi) is 5.51. The number of hydrogen-bond donors (Lipinski definition) is 1. The van der Waals surface area contributed by atoms with Crippen LogP contribution in [0.1, 0.15) is 45.7 Å². The number of aryl methyl sites for hydroxylation is 4. The molecule has 2 unspecified atom stereocenters. The minimum absolute atomic E-state index is 0.0499. The van der Waals surface area contributed by atoms with E-state index in [0.717, 1.165) is 17.1 Å². The van der Waals surface area contributed by atoms with E-state index in [-0.39, 0.29) is 12.1 Å². The van der Waals surface area contributed by atoms with Gasteiger partial charge in [-0.15, -0.1) is 0 Å². The first-order valence-corrected chi connectivity index (χ1v) is 11.7. The molecule has 0 aliphatic carbocycles. The first-order valence-electron chi connectivity index (χ1n) is 11.3. The zero-order valence-corrected chi connectivity index (χ0v) is 20.2. The van der Waals surface area contributed by atoms with Crippen LogP contribution in [0.5, 0.6) is 0 Å². The number of pyridine rings is 1. The lowest BCUT2D eigenvalue weighted by Crippen LogP contribution is -2.30. The van der Waals surface area contributed by atoms with Crippen molar-refractivity contribution in [2.75, 3.05) is 4.90 Å². The highest BCUT2D eigenvalue weighted by atomic mass is 32.1. The Morgan fingerprint density at radius 1 is 0.788 bits per heavy atom. The van der Waals surface area contributed by atoms with Gasteiger partial charge in [0.15, 0.2) is 5.11 Å². The van der Waals surface area contributed by atoms with Crippen molar-refractivity contribution in [3.63, 3.8) is 0 Å². The summed E-state index contributed by atoms with van der Waals surface area (Å²) in [5.74, 6) is 0. The molecule has 2 atom stereocenters. The van der Waals surface area contributed by atoms with Crippen molar-refractivity contribution >= 4 is 23.0 Å². The number of benzene rings is 2. The number of thiocarbonyl (C=S) groups is 1. The monoisotopic (exact) mass is 452 g/mol. The number of hydrogen-bond acceptors (Lipinski definition) is 2. The lowest BCUT2D eigenvalue weighted by molar-refractivity contribution is 0.549. The average Bonchev–Trinajstić information content (AvgIpc) is 3.42. The first-order chi connectivity index (χ1) is 15.9. The highest BCUT2D eigenvalue weighted by Crippen LogP contribution is 2.42. The zero-order valence-electron chi connectivity index (χ0n) is 19.4. The molecule has 33 heavy (non-hydrogen) atoms. The smallest absolute Gasteiger partial charge is 0.174 e. The molecule has 1 aliphatic heterocycles. The molecule has 5 rings (SSSR count). The normalized spacial score (nSPS) is 17.9. The third kappa shape index (κ3) is 3.83. The Morgan fingerprint density at radius 2 is 1.48 bits per heavy atom. The third-order valence-corrected chi connectivity index (χ3v) is 7.03. The fourth-order valence-electron chi connectivity index (χ4n) is 4.55. The molecule has 1 fully saturated rings. The van der Waals surface area contributed by atoms with Crippen LogP contribution in [0.3, 0.4) is 0 Å². The SMILES string of the molecule is Cc1ccc(N2C(=S)NC(c3ccccn3)C2c2cccn2-c2ccc(C)c(C)c2)cc1C. The predicted molar refractivity (Wildman–Crippen MR) is 139 cm³/mol. The van der Waals surface area contributed by atoms with Crippen LogP contribution in [0.15, 0.2) is 79.1 Å². The second kappa shape index (κ2) is 8.49. The van der Waals surface area contributed by atoms with E-state index in [4.69, 9.17) is 12.2 Å². The van der Waals surface area contributed by atoms with E-state index in [0.29, 0.717) is 5.11 Å². The van der Waals surface area contributed by atoms with E-state index in [2.05, 4.69) is 108 Å². The Morgan fingerprint density at radius 3 is 2.15 bits per heavy atom. The molecule has 166 valence electrons.